The van der Waals surface area contributed by atoms with Gasteiger partial charge in [0.2, 0.25) is 10.0 Å². The molecule has 4 aliphatic rings. The van der Waals surface area contributed by atoms with E-state index >= 15 is 0 Å². The molecule has 30 heavy (non-hydrogen) atoms. The monoisotopic (exact) mass is 440 g/mol. The summed E-state index contributed by atoms with van der Waals surface area (Å²) in [5.74, 6) is 0.271. The lowest BCUT2D eigenvalue weighted by Gasteiger charge is -2.39. The van der Waals surface area contributed by atoms with Crippen molar-refractivity contribution in [1.29, 1.82) is 0 Å². The van der Waals surface area contributed by atoms with E-state index in [0.29, 0.717) is 25.0 Å². The number of carbonyl (C=O) groups excluding carboxylic acids is 1. The van der Waals surface area contributed by atoms with Crippen molar-refractivity contribution in [1.82, 2.24) is 20.1 Å². The van der Waals surface area contributed by atoms with Gasteiger partial charge in [-0.3, -0.25) is 4.79 Å². The molecule has 5 rings (SSSR count). The average Bonchev–Trinajstić information content (AvgIpc) is 3.11. The van der Waals surface area contributed by atoms with Crippen LogP contribution < -0.4 is 10.6 Å². The molecule has 1 aliphatic carbocycles. The zero-order chi connectivity index (χ0) is 20.9. The van der Waals surface area contributed by atoms with E-state index in [1.165, 1.54) is 6.07 Å². The van der Waals surface area contributed by atoms with Crippen LogP contribution in [0.4, 0.5) is 4.39 Å². The minimum absolute atomic E-state index is 0.0487. The molecule has 1 saturated carbocycles. The van der Waals surface area contributed by atoms with Crippen molar-refractivity contribution in [3.05, 3.63) is 17.5 Å². The highest BCUT2D eigenvalue weighted by Crippen LogP contribution is 2.43. The van der Waals surface area contributed by atoms with Gasteiger partial charge in [0, 0.05) is 24.2 Å². The molecule has 1 aromatic rings. The van der Waals surface area contributed by atoms with Crippen molar-refractivity contribution in [2.45, 2.75) is 75.2 Å². The van der Waals surface area contributed by atoms with E-state index in [0.717, 1.165) is 38.8 Å². The number of nitrogens with zero attached hydrogens (tertiary/aromatic N) is 2. The summed E-state index contributed by atoms with van der Waals surface area (Å²) >= 11 is 0. The smallest absolute Gasteiger partial charge is 0.273 e. The number of amides is 1. The number of sulfonamides is 1. The second-order valence-electron chi connectivity index (χ2n) is 9.30. The number of rotatable bonds is 6. The van der Waals surface area contributed by atoms with Crippen LogP contribution in [0, 0.1) is 5.92 Å². The molecule has 5 atom stereocenters. The molecule has 3 aliphatic heterocycles. The van der Waals surface area contributed by atoms with Gasteiger partial charge < -0.3 is 15.2 Å². The topological polar surface area (TPSA) is 105 Å². The third kappa shape index (κ3) is 4.01. The lowest BCUT2D eigenvalue weighted by molar-refractivity contribution is 0.0900. The van der Waals surface area contributed by atoms with Crippen molar-refractivity contribution in [2.24, 2.45) is 5.92 Å². The van der Waals surface area contributed by atoms with Gasteiger partial charge in [-0.15, -0.1) is 0 Å². The van der Waals surface area contributed by atoms with Crippen molar-refractivity contribution in [2.75, 3.05) is 18.8 Å². The van der Waals surface area contributed by atoms with Gasteiger partial charge in [0.25, 0.3) is 5.91 Å². The van der Waals surface area contributed by atoms with Crippen LogP contribution in [0.25, 0.3) is 0 Å². The summed E-state index contributed by atoms with van der Waals surface area (Å²) in [4.78, 5) is 12.6. The highest BCUT2D eigenvalue weighted by Gasteiger charge is 2.47. The van der Waals surface area contributed by atoms with Gasteiger partial charge in [-0.05, 0) is 64.0 Å². The van der Waals surface area contributed by atoms with E-state index in [1.807, 2.05) is 0 Å². The first kappa shape index (κ1) is 20.4. The van der Waals surface area contributed by atoms with Crippen LogP contribution >= 0.6 is 0 Å². The number of fused-ring (bicyclic) bond motifs is 2. The van der Waals surface area contributed by atoms with Crippen molar-refractivity contribution in [3.63, 3.8) is 0 Å². The van der Waals surface area contributed by atoms with Crippen LogP contribution in [-0.2, 0) is 10.0 Å². The summed E-state index contributed by atoms with van der Waals surface area (Å²) < 4.78 is 46.3. The van der Waals surface area contributed by atoms with Crippen molar-refractivity contribution in [3.8, 4) is 0 Å². The zero-order valence-corrected chi connectivity index (χ0v) is 17.7. The fourth-order valence-corrected chi connectivity index (χ4v) is 7.82. The van der Waals surface area contributed by atoms with E-state index in [1.54, 1.807) is 4.31 Å². The van der Waals surface area contributed by atoms with Crippen LogP contribution in [0.1, 0.15) is 67.1 Å². The summed E-state index contributed by atoms with van der Waals surface area (Å²) in [5.41, 5.74) is 0.164. The van der Waals surface area contributed by atoms with Gasteiger partial charge in [-0.25, -0.2) is 12.8 Å². The maximum absolute atomic E-state index is 13.2. The molecule has 0 radical (unpaired) electrons. The Bertz CT molecular complexity index is 886. The Labute approximate surface area is 176 Å². The summed E-state index contributed by atoms with van der Waals surface area (Å²) in [7, 11) is -3.30. The molecule has 4 fully saturated rings. The van der Waals surface area contributed by atoms with E-state index in [4.69, 9.17) is 4.52 Å². The van der Waals surface area contributed by atoms with Gasteiger partial charge in [-0.2, -0.15) is 4.31 Å². The zero-order valence-electron chi connectivity index (χ0n) is 16.9. The first-order valence-electron chi connectivity index (χ1n) is 11.0. The number of carbonyl (C=O) groups is 1. The third-order valence-electron chi connectivity index (χ3n) is 7.07. The van der Waals surface area contributed by atoms with Crippen molar-refractivity contribution < 1.29 is 22.1 Å². The van der Waals surface area contributed by atoms with E-state index in [2.05, 4.69) is 15.8 Å². The molecule has 0 spiro atoms. The lowest BCUT2D eigenvalue weighted by atomic mass is 9.99. The fraction of sp³-hybridized carbons (Fsp3) is 0.800. The second kappa shape index (κ2) is 7.87. The second-order valence-corrected chi connectivity index (χ2v) is 11.2. The molecule has 166 valence electrons. The minimum atomic E-state index is -3.30. The Morgan fingerprint density at radius 3 is 2.50 bits per heavy atom. The Kier molecular flexibility index (Phi) is 5.35. The standard InChI is InChI=1S/C20H29FN4O4S/c21-17-9-16(17)19-10-18(24-29-19)20(26)23-13-7-14-1-2-15(8-13)25(14)30(27,28)11-12-3-5-22-6-4-12/h10,12-17,22H,1-9,11H2,(H,23,26)/t13?,14-,15+,16-,17-/m0/s1. The van der Waals surface area contributed by atoms with Crippen LogP contribution in [0.15, 0.2) is 10.6 Å². The van der Waals surface area contributed by atoms with Crippen LogP contribution in [0.2, 0.25) is 0 Å². The van der Waals surface area contributed by atoms with Crippen LogP contribution in [-0.4, -0.2) is 66.9 Å². The summed E-state index contributed by atoms with van der Waals surface area (Å²) in [6.07, 6.45) is 4.26. The fourth-order valence-electron chi connectivity index (χ4n) is 5.43. The van der Waals surface area contributed by atoms with Gasteiger partial charge in [0.15, 0.2) is 5.69 Å². The van der Waals surface area contributed by atoms with Crippen molar-refractivity contribution >= 4 is 15.9 Å². The molecule has 4 heterocycles. The summed E-state index contributed by atoms with van der Waals surface area (Å²) in [5, 5.41) is 10.1. The summed E-state index contributed by atoms with van der Waals surface area (Å²) in [6, 6.07) is 1.34. The van der Waals surface area contributed by atoms with Crippen LogP contribution in [0.3, 0.4) is 0 Å². The molecule has 1 amide bonds. The quantitative estimate of drug-likeness (QED) is 0.696. The first-order chi connectivity index (χ1) is 14.4. The number of aromatic nitrogens is 1. The largest absolute Gasteiger partial charge is 0.360 e. The normalized spacial score (nSPS) is 34.8. The predicted octanol–water partition coefficient (Wildman–Crippen LogP) is 1.55. The summed E-state index contributed by atoms with van der Waals surface area (Å²) in [6.45, 7) is 1.77. The number of hydrogen-bond acceptors (Lipinski definition) is 6. The number of nitrogens with one attached hydrogen (secondary N) is 2. The van der Waals surface area contributed by atoms with Crippen LogP contribution in [0.5, 0.6) is 0 Å². The highest BCUT2D eigenvalue weighted by molar-refractivity contribution is 7.89. The van der Waals surface area contributed by atoms with Gasteiger partial charge in [-0.1, -0.05) is 5.16 Å². The first-order valence-corrected chi connectivity index (χ1v) is 12.6. The molecule has 10 heteroatoms. The Balaban J connectivity index is 1.20. The molecular formula is C20H29FN4O4S. The van der Waals surface area contributed by atoms with Gasteiger partial charge in [0.1, 0.15) is 11.9 Å². The Morgan fingerprint density at radius 2 is 1.87 bits per heavy atom. The molecule has 2 N–H and O–H groups in total. The highest BCUT2D eigenvalue weighted by atomic mass is 32.2. The van der Waals surface area contributed by atoms with E-state index < -0.39 is 16.2 Å². The Morgan fingerprint density at radius 1 is 1.20 bits per heavy atom. The van der Waals surface area contributed by atoms with E-state index in [9.17, 15) is 17.6 Å². The molecule has 1 aromatic heterocycles. The molecular weight excluding hydrogens is 411 g/mol. The number of hydrogen-bond donors (Lipinski definition) is 2. The number of alkyl halides is 1. The average molecular weight is 441 g/mol. The van der Waals surface area contributed by atoms with Gasteiger partial charge in [0.05, 0.1) is 11.7 Å². The predicted molar refractivity (Wildman–Crippen MR) is 107 cm³/mol. The molecule has 0 aromatic carbocycles. The molecule has 8 nitrogen and oxygen atoms in total. The molecule has 3 saturated heterocycles. The lowest BCUT2D eigenvalue weighted by Crippen LogP contribution is -2.53. The number of halogens is 1. The maximum Gasteiger partial charge on any atom is 0.273 e. The van der Waals surface area contributed by atoms with E-state index in [-0.39, 0.29) is 47.3 Å². The Hall–Kier alpha value is -1.52. The SMILES string of the molecule is O=C(NC1C[C@H]2CC[C@@H](C1)N2S(=O)(=O)CC1CCNCC1)c1cc([C@H]2C[C@@H]2F)on1. The van der Waals surface area contributed by atoms with Gasteiger partial charge >= 0.3 is 0 Å². The molecule has 2 bridgehead atoms. The third-order valence-corrected chi connectivity index (χ3v) is 9.20. The number of piperidine rings is 2. The molecule has 1 unspecified atom stereocenters. The minimum Gasteiger partial charge on any atom is -0.360 e. The maximum atomic E-state index is 13.2.